The number of aliphatic imine (C=N–C) groups is 2. The predicted octanol–water partition coefficient (Wildman–Crippen LogP) is 6.22. The van der Waals surface area contributed by atoms with Gasteiger partial charge in [0.15, 0.2) is 5.82 Å². The first-order valence-electron chi connectivity index (χ1n) is 15.0. The molecule has 3 aromatic rings. The highest BCUT2D eigenvalue weighted by atomic mass is 19.1. The van der Waals surface area contributed by atoms with Gasteiger partial charge in [0.05, 0.1) is 18.5 Å². The number of nitrogens with two attached hydrogens (primary N) is 1. The first-order valence-corrected chi connectivity index (χ1v) is 15.0. The van der Waals surface area contributed by atoms with Crippen molar-refractivity contribution in [1.29, 1.82) is 0 Å². The molecule has 0 aliphatic carbocycles. The average Bonchev–Trinajstić information content (AvgIpc) is 3.41. The summed E-state index contributed by atoms with van der Waals surface area (Å²) in [5.41, 5.74) is 8.31. The van der Waals surface area contributed by atoms with Crippen molar-refractivity contribution in [3.8, 4) is 17.2 Å². The number of piperidine rings is 1. The Morgan fingerprint density at radius 3 is 2.53 bits per heavy atom. The Kier molecular flexibility index (Phi) is 9.36. The molecule has 3 heterocycles. The van der Waals surface area contributed by atoms with Crippen LogP contribution in [-0.4, -0.2) is 67.7 Å². The Morgan fingerprint density at radius 1 is 1.13 bits per heavy atom. The Hall–Kier alpha value is -4.93. The van der Waals surface area contributed by atoms with E-state index in [0.717, 1.165) is 38.2 Å². The van der Waals surface area contributed by atoms with Crippen LogP contribution in [0.5, 0.6) is 17.2 Å². The van der Waals surface area contributed by atoms with Gasteiger partial charge in [-0.05, 0) is 61.7 Å². The molecular formula is C34H40FN7O3. The van der Waals surface area contributed by atoms with Crippen molar-refractivity contribution in [3.63, 3.8) is 0 Å². The Bertz CT molecular complexity index is 1620. The van der Waals surface area contributed by atoms with Crippen molar-refractivity contribution in [1.82, 2.24) is 9.88 Å². The summed E-state index contributed by atoms with van der Waals surface area (Å²) in [6, 6.07) is 11.6. The minimum atomic E-state index is -0.591. The zero-order valence-electron chi connectivity index (χ0n) is 26.1. The van der Waals surface area contributed by atoms with Crippen molar-refractivity contribution >= 4 is 41.3 Å². The van der Waals surface area contributed by atoms with Crippen molar-refractivity contribution in [2.45, 2.75) is 39.2 Å². The third-order valence-corrected chi connectivity index (χ3v) is 8.22. The molecule has 0 spiro atoms. The molecule has 11 heteroatoms. The van der Waals surface area contributed by atoms with Crippen LogP contribution in [0.1, 0.15) is 38.7 Å². The Balaban J connectivity index is 1.32. The first-order chi connectivity index (χ1) is 21.6. The number of aromatic nitrogens is 1. The molecule has 45 heavy (non-hydrogen) atoms. The van der Waals surface area contributed by atoms with Crippen LogP contribution in [0.2, 0.25) is 0 Å². The summed E-state index contributed by atoms with van der Waals surface area (Å²) in [5, 5.41) is 3.50. The summed E-state index contributed by atoms with van der Waals surface area (Å²) in [7, 11) is 1.56. The van der Waals surface area contributed by atoms with E-state index in [9.17, 15) is 4.79 Å². The number of ether oxygens (including phenoxy) is 2. The SMILES string of the molecule is C=CC(=O)N1CCC(Nc2cc(C(N)=Nc3ccc(Oc4ccnc(N5CCC(C)(C)C5)c4)cc3F)c(N=C)cc2OC)CC1. The smallest absolute Gasteiger partial charge is 0.245 e. The second-order valence-corrected chi connectivity index (χ2v) is 12.1. The third kappa shape index (κ3) is 7.42. The fourth-order valence-corrected chi connectivity index (χ4v) is 5.69. The van der Waals surface area contributed by atoms with E-state index >= 15 is 4.39 Å². The van der Waals surface area contributed by atoms with Gasteiger partial charge in [0.1, 0.15) is 34.6 Å². The molecule has 0 radical (unpaired) electrons. The molecule has 1 amide bonds. The van der Waals surface area contributed by atoms with E-state index in [4.69, 9.17) is 15.2 Å². The number of carbonyl (C=O) groups is 1. The number of amides is 1. The predicted molar refractivity (Wildman–Crippen MR) is 177 cm³/mol. The van der Waals surface area contributed by atoms with Crippen LogP contribution < -0.4 is 25.4 Å². The monoisotopic (exact) mass is 613 g/mol. The van der Waals surface area contributed by atoms with E-state index in [1.165, 1.54) is 18.2 Å². The van der Waals surface area contributed by atoms with Crippen LogP contribution in [0.25, 0.3) is 0 Å². The van der Waals surface area contributed by atoms with E-state index in [1.54, 1.807) is 42.5 Å². The molecule has 0 atom stereocenters. The summed E-state index contributed by atoms with van der Waals surface area (Å²) < 4.78 is 26.8. The normalized spacial score (nSPS) is 16.8. The lowest BCUT2D eigenvalue weighted by molar-refractivity contribution is -0.126. The Labute approximate surface area is 263 Å². The molecule has 5 rings (SSSR count). The van der Waals surface area contributed by atoms with Gasteiger partial charge in [-0.25, -0.2) is 14.4 Å². The summed E-state index contributed by atoms with van der Waals surface area (Å²) in [4.78, 5) is 28.9. The lowest BCUT2D eigenvalue weighted by atomic mass is 9.93. The molecular weight excluding hydrogens is 573 g/mol. The highest BCUT2D eigenvalue weighted by molar-refractivity contribution is 6.04. The highest BCUT2D eigenvalue weighted by Crippen LogP contribution is 2.36. The first kappa shape index (κ1) is 31.5. The van der Waals surface area contributed by atoms with Gasteiger partial charge in [-0.2, -0.15) is 0 Å². The van der Waals surface area contributed by atoms with Gasteiger partial charge in [-0.3, -0.25) is 9.79 Å². The number of likely N-dealkylation sites (tertiary alicyclic amines) is 1. The second kappa shape index (κ2) is 13.4. The van der Waals surface area contributed by atoms with Crippen molar-refractivity contribution < 1.29 is 18.7 Å². The number of halogens is 1. The maximum absolute atomic E-state index is 15.3. The number of nitrogens with one attached hydrogen (secondary N) is 1. The number of benzene rings is 2. The van der Waals surface area contributed by atoms with Crippen LogP contribution in [0.15, 0.2) is 71.3 Å². The molecule has 0 unspecified atom stereocenters. The lowest BCUT2D eigenvalue weighted by Crippen LogP contribution is -2.41. The molecule has 10 nitrogen and oxygen atoms in total. The highest BCUT2D eigenvalue weighted by Gasteiger charge is 2.30. The number of rotatable bonds is 10. The molecule has 2 fully saturated rings. The van der Waals surface area contributed by atoms with E-state index in [2.05, 4.69) is 52.3 Å². The minimum absolute atomic E-state index is 0.0502. The van der Waals surface area contributed by atoms with Crippen LogP contribution in [-0.2, 0) is 4.79 Å². The van der Waals surface area contributed by atoms with Crippen LogP contribution in [0.4, 0.5) is 27.3 Å². The number of pyridine rings is 1. The van der Waals surface area contributed by atoms with Gasteiger partial charge >= 0.3 is 0 Å². The van der Waals surface area contributed by atoms with Crippen molar-refractivity contribution in [2.24, 2.45) is 21.1 Å². The van der Waals surface area contributed by atoms with Crippen molar-refractivity contribution in [3.05, 3.63) is 72.7 Å². The average molecular weight is 614 g/mol. The molecule has 0 bridgehead atoms. The van der Waals surface area contributed by atoms with E-state index < -0.39 is 5.82 Å². The zero-order valence-corrected chi connectivity index (χ0v) is 26.1. The lowest BCUT2D eigenvalue weighted by Gasteiger charge is -2.32. The molecule has 2 aliphatic rings. The van der Waals surface area contributed by atoms with E-state index in [0.29, 0.717) is 47.3 Å². The van der Waals surface area contributed by atoms with E-state index in [-0.39, 0.29) is 28.9 Å². The molecule has 0 saturated carbocycles. The van der Waals surface area contributed by atoms with Crippen molar-refractivity contribution in [2.75, 3.05) is 43.5 Å². The maximum Gasteiger partial charge on any atom is 0.245 e. The number of hydrogen-bond donors (Lipinski definition) is 2. The van der Waals surface area contributed by atoms with Crippen LogP contribution in [0, 0.1) is 11.2 Å². The van der Waals surface area contributed by atoms with Gasteiger partial charge in [0.2, 0.25) is 5.91 Å². The number of anilines is 2. The molecule has 2 aromatic carbocycles. The summed E-state index contributed by atoms with van der Waals surface area (Å²) in [6.45, 7) is 14.8. The molecule has 2 aliphatic heterocycles. The van der Waals surface area contributed by atoms with Crippen LogP contribution >= 0.6 is 0 Å². The molecule has 3 N–H and O–H groups in total. The van der Waals surface area contributed by atoms with Crippen LogP contribution in [0.3, 0.4) is 0 Å². The summed E-state index contributed by atoms with van der Waals surface area (Å²) in [5.74, 6) is 1.69. The standard InChI is InChI=1S/C34H40FN7O3/c1-6-32(43)41-14-10-22(11-15-41)39-29-19-25(28(37-4)20-30(29)44-5)33(36)40-27-8-7-23(17-26(27)35)45-24-9-13-38-31(18-24)42-16-12-34(2,3)21-42/h6-9,13,17-20,22,39H,1,4,10-12,14-16,21H2,2-3,5H3,(H2,36,40). The number of amidine groups is 1. The molecule has 2 saturated heterocycles. The molecule has 1 aromatic heterocycles. The number of methoxy groups -OCH3 is 1. The summed E-state index contributed by atoms with van der Waals surface area (Å²) in [6.07, 6.45) is 5.62. The fourth-order valence-electron chi connectivity index (χ4n) is 5.69. The zero-order chi connectivity index (χ0) is 32.1. The largest absolute Gasteiger partial charge is 0.495 e. The van der Waals surface area contributed by atoms with Gasteiger partial charge in [0, 0.05) is 62.2 Å². The number of carbonyl (C=O) groups excluding carboxylic acids is 1. The van der Waals surface area contributed by atoms with Gasteiger partial charge in [0.25, 0.3) is 0 Å². The minimum Gasteiger partial charge on any atom is -0.495 e. The maximum atomic E-state index is 15.3. The van der Waals surface area contributed by atoms with Gasteiger partial charge < -0.3 is 30.3 Å². The Morgan fingerprint density at radius 2 is 1.89 bits per heavy atom. The number of nitrogens with zero attached hydrogens (tertiary/aromatic N) is 5. The topological polar surface area (TPSA) is 118 Å². The third-order valence-electron chi connectivity index (χ3n) is 8.22. The second-order valence-electron chi connectivity index (χ2n) is 12.1. The van der Waals surface area contributed by atoms with Gasteiger partial charge in [-0.15, -0.1) is 0 Å². The number of hydrogen-bond acceptors (Lipinski definition) is 8. The quantitative estimate of drug-likeness (QED) is 0.158. The van der Waals surface area contributed by atoms with Gasteiger partial charge in [-0.1, -0.05) is 20.4 Å². The molecule has 236 valence electrons. The van der Waals surface area contributed by atoms with E-state index in [1.807, 2.05) is 6.07 Å². The summed E-state index contributed by atoms with van der Waals surface area (Å²) >= 11 is 0. The fraction of sp³-hybridized carbons (Fsp3) is 0.353.